The molecular weight excluding hydrogens is 162 g/mol. The van der Waals surface area contributed by atoms with Crippen LogP contribution in [0.1, 0.15) is 49.2 Å². The molecule has 0 radical (unpaired) electrons. The highest BCUT2D eigenvalue weighted by molar-refractivity contribution is 5.22. The van der Waals surface area contributed by atoms with E-state index in [1.165, 1.54) is 30.7 Å². The summed E-state index contributed by atoms with van der Waals surface area (Å²) in [4.78, 5) is 4.45. The number of fused-ring (bicyclic) bond motifs is 1. The number of rotatable bonds is 1. The molecule has 0 aliphatic heterocycles. The van der Waals surface area contributed by atoms with Crippen molar-refractivity contribution in [3.63, 3.8) is 0 Å². The van der Waals surface area contributed by atoms with Gasteiger partial charge < -0.3 is 10.3 Å². The molecule has 0 aromatic carbocycles. The second-order valence-electron chi connectivity index (χ2n) is 4.21. The highest BCUT2D eigenvalue weighted by Crippen LogP contribution is 2.39. The fourth-order valence-electron chi connectivity index (χ4n) is 2.28. The molecule has 1 fully saturated rings. The van der Waals surface area contributed by atoms with Crippen LogP contribution in [0.15, 0.2) is 6.33 Å². The number of nitrogens with two attached hydrogens (primary N) is 1. The van der Waals surface area contributed by atoms with Gasteiger partial charge in [-0.1, -0.05) is 0 Å². The average molecular weight is 177 g/mol. The minimum atomic E-state index is 0.242. The molecule has 1 atom stereocenters. The minimum absolute atomic E-state index is 0.242. The number of imidazole rings is 1. The van der Waals surface area contributed by atoms with Gasteiger partial charge in [0, 0.05) is 12.1 Å². The maximum Gasteiger partial charge on any atom is 0.0954 e. The Hall–Kier alpha value is -0.830. The fraction of sp³-hybridized carbons (Fsp3) is 0.700. The maximum absolute atomic E-state index is 6.10. The van der Waals surface area contributed by atoms with E-state index in [4.69, 9.17) is 5.73 Å². The van der Waals surface area contributed by atoms with Crippen molar-refractivity contribution in [1.29, 1.82) is 0 Å². The van der Waals surface area contributed by atoms with Gasteiger partial charge in [0.15, 0.2) is 0 Å². The van der Waals surface area contributed by atoms with Gasteiger partial charge in [-0.05, 0) is 32.1 Å². The van der Waals surface area contributed by atoms with Crippen LogP contribution in [0, 0.1) is 0 Å². The third-order valence-corrected chi connectivity index (χ3v) is 3.13. The highest BCUT2D eigenvalue weighted by Gasteiger charge is 2.30. The van der Waals surface area contributed by atoms with E-state index in [-0.39, 0.29) is 6.04 Å². The predicted octanol–water partition coefficient (Wildman–Crippen LogP) is 1.55. The van der Waals surface area contributed by atoms with Crippen molar-refractivity contribution in [2.45, 2.75) is 44.2 Å². The van der Waals surface area contributed by atoms with Crippen molar-refractivity contribution in [1.82, 2.24) is 9.55 Å². The van der Waals surface area contributed by atoms with Crippen LogP contribution < -0.4 is 5.73 Å². The Kier molecular flexibility index (Phi) is 1.50. The Bertz CT molecular complexity index is 325. The molecule has 2 N–H and O–H groups in total. The molecular formula is C10H15N3. The Morgan fingerprint density at radius 1 is 1.38 bits per heavy atom. The van der Waals surface area contributed by atoms with E-state index in [2.05, 4.69) is 9.55 Å². The van der Waals surface area contributed by atoms with Gasteiger partial charge in [-0.25, -0.2) is 4.98 Å². The number of nitrogens with zero attached hydrogens (tertiary/aromatic N) is 2. The number of hydrogen-bond acceptors (Lipinski definition) is 2. The van der Waals surface area contributed by atoms with Crippen LogP contribution in [-0.4, -0.2) is 9.55 Å². The van der Waals surface area contributed by atoms with E-state index >= 15 is 0 Å². The third kappa shape index (κ3) is 1.10. The summed E-state index contributed by atoms with van der Waals surface area (Å²) in [6.07, 6.45) is 8.09. The van der Waals surface area contributed by atoms with Crippen molar-refractivity contribution in [2.24, 2.45) is 5.73 Å². The van der Waals surface area contributed by atoms with E-state index in [0.717, 1.165) is 18.9 Å². The van der Waals surface area contributed by atoms with E-state index in [9.17, 15) is 0 Å². The lowest BCUT2D eigenvalue weighted by Crippen LogP contribution is -2.20. The lowest BCUT2D eigenvalue weighted by molar-refractivity contribution is 0.520. The molecule has 3 nitrogen and oxygen atoms in total. The Morgan fingerprint density at radius 2 is 2.23 bits per heavy atom. The van der Waals surface area contributed by atoms with Crippen LogP contribution in [0.2, 0.25) is 0 Å². The van der Waals surface area contributed by atoms with Crippen molar-refractivity contribution in [3.8, 4) is 0 Å². The first-order chi connectivity index (χ1) is 6.36. The summed E-state index contributed by atoms with van der Waals surface area (Å²) in [7, 11) is 0. The van der Waals surface area contributed by atoms with Gasteiger partial charge in [0.05, 0.1) is 17.7 Å². The molecule has 3 rings (SSSR count). The Labute approximate surface area is 78.0 Å². The number of hydrogen-bond donors (Lipinski definition) is 1. The minimum Gasteiger partial charge on any atom is -0.330 e. The van der Waals surface area contributed by atoms with Crippen LogP contribution in [0.4, 0.5) is 0 Å². The summed E-state index contributed by atoms with van der Waals surface area (Å²) in [6, 6.07) is 0.965. The van der Waals surface area contributed by atoms with Gasteiger partial charge in [0.1, 0.15) is 0 Å². The van der Waals surface area contributed by atoms with E-state index in [1.54, 1.807) is 0 Å². The summed E-state index contributed by atoms with van der Waals surface area (Å²) in [5.74, 6) is 0. The molecule has 70 valence electrons. The van der Waals surface area contributed by atoms with Gasteiger partial charge >= 0.3 is 0 Å². The largest absolute Gasteiger partial charge is 0.330 e. The number of aryl methyl sites for hydroxylation is 1. The molecule has 3 heteroatoms. The molecule has 1 heterocycles. The van der Waals surface area contributed by atoms with Crippen molar-refractivity contribution in [2.75, 3.05) is 0 Å². The van der Waals surface area contributed by atoms with Crippen molar-refractivity contribution >= 4 is 0 Å². The molecule has 0 spiro atoms. The lowest BCUT2D eigenvalue weighted by atomic mass is 9.96. The first-order valence-corrected chi connectivity index (χ1v) is 5.17. The molecule has 1 unspecified atom stereocenters. The molecule has 2 aliphatic carbocycles. The van der Waals surface area contributed by atoms with Crippen molar-refractivity contribution < 1.29 is 0 Å². The number of aromatic nitrogens is 2. The molecule has 1 aromatic rings. The quantitative estimate of drug-likeness (QED) is 0.707. The molecule has 1 aromatic heterocycles. The van der Waals surface area contributed by atoms with Crippen LogP contribution >= 0.6 is 0 Å². The summed E-state index contributed by atoms with van der Waals surface area (Å²) in [5.41, 5.74) is 8.68. The molecule has 0 saturated heterocycles. The summed E-state index contributed by atoms with van der Waals surface area (Å²) >= 11 is 0. The second kappa shape index (κ2) is 2.58. The zero-order chi connectivity index (χ0) is 8.84. The SMILES string of the molecule is NC1CCCc2ncn(C3CC3)c21. The first kappa shape index (κ1) is 7.56. The van der Waals surface area contributed by atoms with E-state index in [1.807, 2.05) is 6.33 Å². The standard InChI is InChI=1S/C10H15N3/c11-8-2-1-3-9-10(8)13(6-12-9)7-4-5-7/h6-8H,1-5,11H2. The summed E-state index contributed by atoms with van der Waals surface area (Å²) in [6.45, 7) is 0. The average Bonchev–Trinajstić information content (AvgIpc) is 2.87. The molecule has 1 saturated carbocycles. The fourth-order valence-corrected chi connectivity index (χ4v) is 2.28. The van der Waals surface area contributed by atoms with Crippen LogP contribution in [0.25, 0.3) is 0 Å². The molecule has 13 heavy (non-hydrogen) atoms. The van der Waals surface area contributed by atoms with E-state index < -0.39 is 0 Å². The maximum atomic E-state index is 6.10. The van der Waals surface area contributed by atoms with Crippen molar-refractivity contribution in [3.05, 3.63) is 17.7 Å². The molecule has 0 amide bonds. The van der Waals surface area contributed by atoms with Gasteiger partial charge in [0.25, 0.3) is 0 Å². The normalized spacial score (nSPS) is 27.3. The predicted molar refractivity (Wildman–Crippen MR) is 50.4 cm³/mol. The zero-order valence-electron chi connectivity index (χ0n) is 7.74. The third-order valence-electron chi connectivity index (χ3n) is 3.13. The lowest BCUT2D eigenvalue weighted by Gasteiger charge is -2.20. The van der Waals surface area contributed by atoms with Gasteiger partial charge in [0.2, 0.25) is 0 Å². The van der Waals surface area contributed by atoms with Crippen LogP contribution in [-0.2, 0) is 6.42 Å². The topological polar surface area (TPSA) is 43.8 Å². The first-order valence-electron chi connectivity index (χ1n) is 5.17. The molecule has 2 aliphatic rings. The zero-order valence-corrected chi connectivity index (χ0v) is 7.74. The Balaban J connectivity index is 2.06. The van der Waals surface area contributed by atoms with Crippen LogP contribution in [0.3, 0.4) is 0 Å². The summed E-state index contributed by atoms with van der Waals surface area (Å²) in [5, 5.41) is 0. The van der Waals surface area contributed by atoms with E-state index in [0.29, 0.717) is 0 Å². The summed E-state index contributed by atoms with van der Waals surface area (Å²) < 4.78 is 2.32. The van der Waals surface area contributed by atoms with Gasteiger partial charge in [-0.15, -0.1) is 0 Å². The highest BCUT2D eigenvalue weighted by atomic mass is 15.1. The monoisotopic (exact) mass is 177 g/mol. The second-order valence-corrected chi connectivity index (χ2v) is 4.21. The molecule has 0 bridgehead atoms. The van der Waals surface area contributed by atoms with Gasteiger partial charge in [-0.2, -0.15) is 0 Å². The van der Waals surface area contributed by atoms with Gasteiger partial charge in [-0.3, -0.25) is 0 Å². The smallest absolute Gasteiger partial charge is 0.0954 e. The Morgan fingerprint density at radius 3 is 3.00 bits per heavy atom. The van der Waals surface area contributed by atoms with Crippen LogP contribution in [0.5, 0.6) is 0 Å².